The van der Waals surface area contributed by atoms with Gasteiger partial charge in [0.2, 0.25) is 0 Å². The Hall–Kier alpha value is -2.57. The predicted octanol–water partition coefficient (Wildman–Crippen LogP) is 2.96. The van der Waals surface area contributed by atoms with E-state index in [-0.39, 0.29) is 0 Å². The lowest BCUT2D eigenvalue weighted by atomic mass is 10.1. The minimum Gasteiger partial charge on any atom is -0.492 e. The van der Waals surface area contributed by atoms with E-state index in [0.29, 0.717) is 19.7 Å². The SMILES string of the molecule is CCNC(=NCc1cccc(CN2CCOCC2)c1)NCCOc1ccc(C)cc1. The molecule has 6 heteroatoms. The summed E-state index contributed by atoms with van der Waals surface area (Å²) in [5.74, 6) is 1.70. The summed E-state index contributed by atoms with van der Waals surface area (Å²) in [6.07, 6.45) is 0. The molecule has 0 radical (unpaired) electrons. The molecule has 1 heterocycles. The average molecular weight is 411 g/mol. The first-order chi connectivity index (χ1) is 14.7. The molecule has 1 aliphatic rings. The molecule has 2 aromatic rings. The fraction of sp³-hybridized carbons (Fsp3) is 0.458. The van der Waals surface area contributed by atoms with Crippen molar-refractivity contribution >= 4 is 5.96 Å². The molecule has 0 bridgehead atoms. The number of morpholine rings is 1. The maximum absolute atomic E-state index is 5.78. The highest BCUT2D eigenvalue weighted by molar-refractivity contribution is 5.79. The molecule has 2 aromatic carbocycles. The van der Waals surface area contributed by atoms with Crippen molar-refractivity contribution in [1.29, 1.82) is 0 Å². The lowest BCUT2D eigenvalue weighted by Crippen LogP contribution is -2.39. The van der Waals surface area contributed by atoms with E-state index in [4.69, 9.17) is 14.5 Å². The number of hydrogen-bond donors (Lipinski definition) is 2. The van der Waals surface area contributed by atoms with Crippen molar-refractivity contribution in [2.24, 2.45) is 4.99 Å². The number of nitrogens with zero attached hydrogens (tertiary/aromatic N) is 2. The Morgan fingerprint density at radius 1 is 1.07 bits per heavy atom. The van der Waals surface area contributed by atoms with Gasteiger partial charge in [-0.2, -0.15) is 0 Å². The fourth-order valence-electron chi connectivity index (χ4n) is 3.33. The zero-order chi connectivity index (χ0) is 21.0. The van der Waals surface area contributed by atoms with Crippen LogP contribution in [-0.2, 0) is 17.8 Å². The van der Waals surface area contributed by atoms with Gasteiger partial charge < -0.3 is 20.1 Å². The summed E-state index contributed by atoms with van der Waals surface area (Å²) in [6.45, 7) is 11.5. The first-order valence-corrected chi connectivity index (χ1v) is 10.8. The third-order valence-electron chi connectivity index (χ3n) is 4.95. The molecule has 0 unspecified atom stereocenters. The number of aryl methyl sites for hydroxylation is 1. The Morgan fingerprint density at radius 3 is 2.60 bits per heavy atom. The van der Waals surface area contributed by atoms with Gasteiger partial charge in [-0.15, -0.1) is 0 Å². The molecule has 3 rings (SSSR count). The van der Waals surface area contributed by atoms with Gasteiger partial charge in [-0.1, -0.05) is 42.0 Å². The standard InChI is InChI=1S/C24H34N4O2/c1-3-25-24(26-11-14-30-23-9-7-20(2)8-10-23)27-18-21-5-4-6-22(17-21)19-28-12-15-29-16-13-28/h4-10,17H,3,11-16,18-19H2,1-2H3,(H2,25,26,27). The van der Waals surface area contributed by atoms with Gasteiger partial charge in [0.15, 0.2) is 5.96 Å². The lowest BCUT2D eigenvalue weighted by molar-refractivity contribution is 0.0342. The van der Waals surface area contributed by atoms with Gasteiger partial charge >= 0.3 is 0 Å². The second-order valence-electron chi connectivity index (χ2n) is 7.49. The van der Waals surface area contributed by atoms with Crippen LogP contribution in [0.3, 0.4) is 0 Å². The van der Waals surface area contributed by atoms with Crippen LogP contribution in [0, 0.1) is 6.92 Å². The molecule has 0 spiro atoms. The van der Waals surface area contributed by atoms with Crippen molar-refractivity contribution < 1.29 is 9.47 Å². The molecule has 30 heavy (non-hydrogen) atoms. The van der Waals surface area contributed by atoms with Crippen LogP contribution in [0.4, 0.5) is 0 Å². The second-order valence-corrected chi connectivity index (χ2v) is 7.49. The van der Waals surface area contributed by atoms with Crippen LogP contribution in [0.25, 0.3) is 0 Å². The van der Waals surface area contributed by atoms with Crippen LogP contribution < -0.4 is 15.4 Å². The molecule has 1 saturated heterocycles. The molecule has 0 saturated carbocycles. The average Bonchev–Trinajstić information content (AvgIpc) is 2.77. The van der Waals surface area contributed by atoms with Gasteiger partial charge in [-0.3, -0.25) is 4.90 Å². The quantitative estimate of drug-likeness (QED) is 0.378. The summed E-state index contributed by atoms with van der Waals surface area (Å²) < 4.78 is 11.2. The van der Waals surface area contributed by atoms with Crippen LogP contribution in [0.1, 0.15) is 23.6 Å². The number of hydrogen-bond acceptors (Lipinski definition) is 4. The predicted molar refractivity (Wildman–Crippen MR) is 122 cm³/mol. The van der Waals surface area contributed by atoms with Crippen LogP contribution in [0.2, 0.25) is 0 Å². The van der Waals surface area contributed by atoms with Crippen molar-refractivity contribution in [3.8, 4) is 5.75 Å². The minimum absolute atomic E-state index is 0.586. The van der Waals surface area contributed by atoms with Gasteiger partial charge in [0.1, 0.15) is 12.4 Å². The van der Waals surface area contributed by atoms with Crippen molar-refractivity contribution in [3.63, 3.8) is 0 Å². The second kappa shape index (κ2) is 12.2. The van der Waals surface area contributed by atoms with Crippen LogP contribution in [0.15, 0.2) is 53.5 Å². The van der Waals surface area contributed by atoms with E-state index in [9.17, 15) is 0 Å². The number of aliphatic imine (C=N–C) groups is 1. The fourth-order valence-corrected chi connectivity index (χ4v) is 3.33. The van der Waals surface area contributed by atoms with Gasteiger partial charge in [-0.25, -0.2) is 4.99 Å². The highest BCUT2D eigenvalue weighted by atomic mass is 16.5. The molecule has 2 N–H and O–H groups in total. The number of benzene rings is 2. The molecule has 0 atom stereocenters. The van der Waals surface area contributed by atoms with Crippen molar-refractivity contribution in [2.45, 2.75) is 26.9 Å². The van der Waals surface area contributed by atoms with E-state index < -0.39 is 0 Å². The van der Waals surface area contributed by atoms with E-state index in [0.717, 1.165) is 51.1 Å². The maximum Gasteiger partial charge on any atom is 0.191 e. The third-order valence-corrected chi connectivity index (χ3v) is 4.95. The van der Waals surface area contributed by atoms with Crippen molar-refractivity contribution in [2.75, 3.05) is 46.0 Å². The normalized spacial score (nSPS) is 15.1. The molecule has 0 amide bonds. The Morgan fingerprint density at radius 2 is 1.83 bits per heavy atom. The molecule has 1 fully saturated rings. The minimum atomic E-state index is 0.586. The molecular weight excluding hydrogens is 376 g/mol. The van der Waals surface area contributed by atoms with E-state index in [1.54, 1.807) is 0 Å². The number of nitrogens with one attached hydrogen (secondary N) is 2. The van der Waals surface area contributed by atoms with Crippen molar-refractivity contribution in [1.82, 2.24) is 15.5 Å². The van der Waals surface area contributed by atoms with Gasteiger partial charge in [-0.05, 0) is 37.1 Å². The number of guanidine groups is 1. The van der Waals surface area contributed by atoms with E-state index in [2.05, 4.69) is 65.8 Å². The highest BCUT2D eigenvalue weighted by Gasteiger charge is 2.10. The van der Waals surface area contributed by atoms with E-state index >= 15 is 0 Å². The topological polar surface area (TPSA) is 58.1 Å². The molecule has 6 nitrogen and oxygen atoms in total. The maximum atomic E-state index is 5.78. The summed E-state index contributed by atoms with van der Waals surface area (Å²) in [7, 11) is 0. The van der Waals surface area contributed by atoms with Gasteiger partial charge in [0, 0.05) is 26.2 Å². The zero-order valence-electron chi connectivity index (χ0n) is 18.2. The summed E-state index contributed by atoms with van der Waals surface area (Å²) >= 11 is 0. The van der Waals surface area contributed by atoms with Gasteiger partial charge in [0.05, 0.1) is 26.3 Å². The molecule has 0 aliphatic carbocycles. The number of rotatable bonds is 9. The summed E-state index contributed by atoms with van der Waals surface area (Å²) in [5, 5.41) is 6.65. The third kappa shape index (κ3) is 7.69. The highest BCUT2D eigenvalue weighted by Crippen LogP contribution is 2.12. The monoisotopic (exact) mass is 410 g/mol. The Kier molecular flexibility index (Phi) is 9.00. The van der Waals surface area contributed by atoms with E-state index in [1.165, 1.54) is 16.7 Å². The van der Waals surface area contributed by atoms with Gasteiger partial charge in [0.25, 0.3) is 0 Å². The van der Waals surface area contributed by atoms with Crippen LogP contribution in [0.5, 0.6) is 5.75 Å². The summed E-state index contributed by atoms with van der Waals surface area (Å²) in [5.41, 5.74) is 3.78. The summed E-state index contributed by atoms with van der Waals surface area (Å²) in [4.78, 5) is 7.17. The molecule has 162 valence electrons. The Bertz CT molecular complexity index is 786. The van der Waals surface area contributed by atoms with Crippen molar-refractivity contribution in [3.05, 3.63) is 65.2 Å². The zero-order valence-corrected chi connectivity index (χ0v) is 18.2. The Labute approximate surface area is 180 Å². The smallest absolute Gasteiger partial charge is 0.191 e. The lowest BCUT2D eigenvalue weighted by Gasteiger charge is -2.26. The first kappa shape index (κ1) is 22.1. The van der Waals surface area contributed by atoms with E-state index in [1.807, 2.05) is 12.1 Å². The van der Waals surface area contributed by atoms with Crippen LogP contribution >= 0.6 is 0 Å². The molecule has 1 aliphatic heterocycles. The first-order valence-electron chi connectivity index (χ1n) is 10.8. The Balaban J connectivity index is 1.47. The summed E-state index contributed by atoms with van der Waals surface area (Å²) in [6, 6.07) is 16.8. The largest absolute Gasteiger partial charge is 0.492 e. The molecular formula is C24H34N4O2. The van der Waals surface area contributed by atoms with Crippen LogP contribution in [-0.4, -0.2) is 56.9 Å². The number of ether oxygens (including phenoxy) is 2. The molecule has 0 aromatic heterocycles.